The van der Waals surface area contributed by atoms with Crippen molar-refractivity contribution in [1.29, 1.82) is 0 Å². The van der Waals surface area contributed by atoms with Crippen LogP contribution in [0.25, 0.3) is 5.69 Å². The first-order valence-electron chi connectivity index (χ1n) is 6.70. The Morgan fingerprint density at radius 2 is 2.19 bits per heavy atom. The quantitative estimate of drug-likeness (QED) is 0.735. The second-order valence-corrected chi connectivity index (χ2v) is 5.03. The number of halogens is 1. The first-order chi connectivity index (χ1) is 10.1. The molecule has 1 amide bonds. The van der Waals surface area contributed by atoms with Crippen molar-refractivity contribution < 1.29 is 9.18 Å². The molecule has 1 fully saturated rings. The first kappa shape index (κ1) is 13.5. The zero-order chi connectivity index (χ0) is 15.0. The van der Waals surface area contributed by atoms with Crippen LogP contribution in [0.2, 0.25) is 0 Å². The van der Waals surface area contributed by atoms with Crippen molar-refractivity contribution in [2.45, 2.75) is 25.8 Å². The molecule has 0 radical (unpaired) electrons. The Kier molecular flexibility index (Phi) is 3.28. The lowest BCUT2D eigenvalue weighted by molar-refractivity contribution is 0.193. The summed E-state index contributed by atoms with van der Waals surface area (Å²) in [5, 5.41) is 7.25. The van der Waals surface area contributed by atoms with Crippen molar-refractivity contribution >= 4 is 6.03 Å². The van der Waals surface area contributed by atoms with Gasteiger partial charge in [-0.3, -0.25) is 0 Å². The third-order valence-corrected chi connectivity index (χ3v) is 3.61. The Morgan fingerprint density at radius 3 is 2.86 bits per heavy atom. The Hall–Kier alpha value is -2.51. The predicted molar refractivity (Wildman–Crippen MR) is 71.8 cm³/mol. The van der Waals surface area contributed by atoms with Crippen LogP contribution in [0.3, 0.4) is 0 Å². The summed E-state index contributed by atoms with van der Waals surface area (Å²) < 4.78 is 14.8. The topological polar surface area (TPSA) is 73.0 Å². The van der Waals surface area contributed by atoms with E-state index in [4.69, 9.17) is 0 Å². The molecule has 0 saturated carbocycles. The summed E-state index contributed by atoms with van der Waals surface area (Å²) in [6.07, 6.45) is 1.80. The normalized spacial score (nSPS) is 18.2. The number of tetrazole rings is 1. The molecule has 1 aromatic heterocycles. The van der Waals surface area contributed by atoms with Gasteiger partial charge in [-0.05, 0) is 48.4 Å². The van der Waals surface area contributed by atoms with E-state index in [1.807, 2.05) is 6.92 Å². The second-order valence-electron chi connectivity index (χ2n) is 5.03. The van der Waals surface area contributed by atoms with Gasteiger partial charge in [-0.2, -0.15) is 4.68 Å². The van der Waals surface area contributed by atoms with Crippen LogP contribution in [0, 0.1) is 5.82 Å². The average Bonchev–Trinajstić information content (AvgIpc) is 3.04. The van der Waals surface area contributed by atoms with E-state index in [2.05, 4.69) is 10.4 Å². The van der Waals surface area contributed by atoms with Crippen LogP contribution in [0.1, 0.15) is 19.8 Å². The molecule has 1 unspecified atom stereocenters. The molecular formula is C13H14FN5O2. The standard InChI is InChI=1S/C13H14FN5O2/c1-9-4-3-7-17(9)12(20)19-13(21)18(15-16-19)11-6-2-5-10(14)8-11/h2,5-6,8-9H,3-4,7H2,1H3. The molecule has 1 saturated heterocycles. The highest BCUT2D eigenvalue weighted by Crippen LogP contribution is 2.16. The third kappa shape index (κ3) is 2.32. The van der Waals surface area contributed by atoms with E-state index in [0.29, 0.717) is 11.2 Å². The molecule has 2 aromatic rings. The van der Waals surface area contributed by atoms with Crippen molar-refractivity contribution in [3.63, 3.8) is 0 Å². The van der Waals surface area contributed by atoms with E-state index in [-0.39, 0.29) is 11.7 Å². The Labute approximate surface area is 119 Å². The van der Waals surface area contributed by atoms with Crippen molar-refractivity contribution in [3.05, 3.63) is 40.6 Å². The first-order valence-corrected chi connectivity index (χ1v) is 6.70. The SMILES string of the molecule is CC1CCCN1C(=O)n1nnn(-c2cccc(F)c2)c1=O. The highest BCUT2D eigenvalue weighted by Gasteiger charge is 2.29. The zero-order valence-electron chi connectivity index (χ0n) is 11.4. The molecule has 0 bridgehead atoms. The van der Waals surface area contributed by atoms with Crippen molar-refractivity contribution in [3.8, 4) is 5.69 Å². The maximum Gasteiger partial charge on any atom is 0.377 e. The Morgan fingerprint density at radius 1 is 1.38 bits per heavy atom. The van der Waals surface area contributed by atoms with Gasteiger partial charge in [-0.25, -0.2) is 14.0 Å². The Balaban J connectivity index is 1.96. The van der Waals surface area contributed by atoms with Crippen molar-refractivity contribution in [2.24, 2.45) is 0 Å². The highest BCUT2D eigenvalue weighted by atomic mass is 19.1. The number of carbonyl (C=O) groups excluding carboxylic acids is 1. The molecule has 110 valence electrons. The maximum atomic E-state index is 13.2. The van der Waals surface area contributed by atoms with Gasteiger partial charge in [0.2, 0.25) is 0 Å². The predicted octanol–water partition coefficient (Wildman–Crippen LogP) is 1.02. The fourth-order valence-electron chi connectivity index (χ4n) is 2.48. The third-order valence-electron chi connectivity index (χ3n) is 3.61. The molecule has 1 aliphatic rings. The van der Waals surface area contributed by atoms with Crippen LogP contribution in [-0.4, -0.2) is 43.3 Å². The van der Waals surface area contributed by atoms with Gasteiger partial charge in [0.15, 0.2) is 0 Å². The number of benzene rings is 1. The van der Waals surface area contributed by atoms with Crippen LogP contribution in [0.5, 0.6) is 0 Å². The van der Waals surface area contributed by atoms with Gasteiger partial charge in [0, 0.05) is 12.6 Å². The molecular weight excluding hydrogens is 277 g/mol. The summed E-state index contributed by atoms with van der Waals surface area (Å²) >= 11 is 0. The molecule has 21 heavy (non-hydrogen) atoms. The lowest BCUT2D eigenvalue weighted by Gasteiger charge is -2.19. The molecule has 1 atom stereocenters. The van der Waals surface area contributed by atoms with Crippen LogP contribution in [0.4, 0.5) is 9.18 Å². The fraction of sp³-hybridized carbons (Fsp3) is 0.385. The van der Waals surface area contributed by atoms with E-state index in [0.717, 1.165) is 23.6 Å². The number of likely N-dealkylation sites (tertiary alicyclic amines) is 1. The molecule has 3 rings (SSSR count). The molecule has 0 aliphatic carbocycles. The largest absolute Gasteiger partial charge is 0.377 e. The highest BCUT2D eigenvalue weighted by molar-refractivity contribution is 5.76. The second kappa shape index (κ2) is 5.12. The molecule has 1 aromatic carbocycles. The smallest absolute Gasteiger partial charge is 0.320 e. The Bertz CT molecular complexity index is 738. The molecule has 0 N–H and O–H groups in total. The molecule has 8 heteroatoms. The monoisotopic (exact) mass is 291 g/mol. The summed E-state index contributed by atoms with van der Waals surface area (Å²) in [6, 6.07) is 4.98. The van der Waals surface area contributed by atoms with Gasteiger partial charge in [-0.1, -0.05) is 6.07 Å². The van der Waals surface area contributed by atoms with Gasteiger partial charge in [0.25, 0.3) is 0 Å². The van der Waals surface area contributed by atoms with E-state index < -0.39 is 17.5 Å². The van der Waals surface area contributed by atoms with Crippen molar-refractivity contribution in [1.82, 2.24) is 24.7 Å². The zero-order valence-corrected chi connectivity index (χ0v) is 11.4. The van der Waals surface area contributed by atoms with Crippen LogP contribution in [-0.2, 0) is 0 Å². The number of nitrogens with zero attached hydrogens (tertiary/aromatic N) is 5. The maximum absolute atomic E-state index is 13.2. The van der Waals surface area contributed by atoms with Crippen LogP contribution >= 0.6 is 0 Å². The van der Waals surface area contributed by atoms with E-state index >= 15 is 0 Å². The molecule has 1 aliphatic heterocycles. The van der Waals surface area contributed by atoms with Gasteiger partial charge in [-0.15, -0.1) is 4.68 Å². The summed E-state index contributed by atoms with van der Waals surface area (Å²) in [7, 11) is 0. The minimum atomic E-state index is -0.704. The molecule has 2 heterocycles. The van der Waals surface area contributed by atoms with E-state index in [1.54, 1.807) is 4.90 Å². The number of aromatic nitrogens is 4. The minimum Gasteiger partial charge on any atom is -0.320 e. The van der Waals surface area contributed by atoms with Gasteiger partial charge in [0.1, 0.15) is 5.82 Å². The number of hydrogen-bond acceptors (Lipinski definition) is 4. The van der Waals surface area contributed by atoms with Gasteiger partial charge < -0.3 is 4.90 Å². The van der Waals surface area contributed by atoms with Gasteiger partial charge in [0.05, 0.1) is 5.69 Å². The molecule has 7 nitrogen and oxygen atoms in total. The summed E-state index contributed by atoms with van der Waals surface area (Å²) in [6.45, 7) is 2.52. The summed E-state index contributed by atoms with van der Waals surface area (Å²) in [4.78, 5) is 26.1. The van der Waals surface area contributed by atoms with Gasteiger partial charge >= 0.3 is 11.7 Å². The lowest BCUT2D eigenvalue weighted by atomic mass is 10.2. The van der Waals surface area contributed by atoms with E-state index in [1.165, 1.54) is 18.2 Å². The van der Waals surface area contributed by atoms with Crippen molar-refractivity contribution in [2.75, 3.05) is 6.54 Å². The van der Waals surface area contributed by atoms with Crippen LogP contribution < -0.4 is 5.69 Å². The minimum absolute atomic E-state index is 0.0729. The van der Waals surface area contributed by atoms with Crippen LogP contribution in [0.15, 0.2) is 29.1 Å². The number of hydrogen-bond donors (Lipinski definition) is 0. The average molecular weight is 291 g/mol. The fourth-order valence-corrected chi connectivity index (χ4v) is 2.48. The summed E-state index contributed by atoms with van der Waals surface area (Å²) in [5.74, 6) is -0.492. The summed E-state index contributed by atoms with van der Waals surface area (Å²) in [5.41, 5.74) is -0.474. The number of amides is 1. The lowest BCUT2D eigenvalue weighted by Crippen LogP contribution is -2.42. The molecule has 0 spiro atoms. The number of carbonyl (C=O) groups is 1. The number of rotatable bonds is 1. The van der Waals surface area contributed by atoms with E-state index in [9.17, 15) is 14.0 Å².